The first-order valence-corrected chi connectivity index (χ1v) is 7.94. The van der Waals surface area contributed by atoms with Crippen molar-refractivity contribution >= 4 is 23.7 Å². The van der Waals surface area contributed by atoms with Crippen LogP contribution in [-0.2, 0) is 19.1 Å². The maximum atomic E-state index is 13.4. The highest BCUT2D eigenvalue weighted by molar-refractivity contribution is 5.92. The van der Waals surface area contributed by atoms with E-state index in [0.29, 0.717) is 0 Å². The Balaban J connectivity index is 2.22. The van der Waals surface area contributed by atoms with E-state index in [1.807, 2.05) is 0 Å². The molecule has 0 bridgehead atoms. The van der Waals surface area contributed by atoms with Crippen LogP contribution in [-0.4, -0.2) is 36.7 Å². The van der Waals surface area contributed by atoms with E-state index in [0.717, 1.165) is 18.2 Å². The fraction of sp³-hybridized carbons (Fsp3) is 0.471. The molecule has 0 heterocycles. The minimum absolute atomic E-state index is 0.0304. The van der Waals surface area contributed by atoms with Gasteiger partial charge in [-0.2, -0.15) is 0 Å². The lowest BCUT2D eigenvalue weighted by atomic mass is 10.2. The van der Waals surface area contributed by atoms with Crippen LogP contribution in [0.4, 0.5) is 19.3 Å². The second-order valence-electron chi connectivity index (χ2n) is 6.37. The Morgan fingerprint density at radius 2 is 1.85 bits per heavy atom. The van der Waals surface area contributed by atoms with Gasteiger partial charge in [-0.1, -0.05) is 0 Å². The molecule has 0 radical (unpaired) electrons. The highest BCUT2D eigenvalue weighted by Gasteiger charge is 2.16. The molecular formula is C17H22F2N2O5. The minimum Gasteiger partial charge on any atom is -0.456 e. The average molecular weight is 372 g/mol. The molecule has 0 fully saturated rings. The van der Waals surface area contributed by atoms with Crippen LogP contribution in [0.25, 0.3) is 0 Å². The first-order chi connectivity index (χ1) is 12.1. The zero-order valence-corrected chi connectivity index (χ0v) is 14.9. The van der Waals surface area contributed by atoms with E-state index >= 15 is 0 Å². The number of halogens is 2. The lowest BCUT2D eigenvalue weighted by molar-refractivity contribution is -0.147. The molecule has 144 valence electrons. The monoisotopic (exact) mass is 372 g/mol. The quantitative estimate of drug-likeness (QED) is 0.567. The standard InChI is InChI=1S/C17H22F2N2O5/c1-17(2,3)26-16(24)20-8-4-5-15(23)25-10-14(22)21-13-9-11(18)6-7-12(13)19/h6-7,9H,4-5,8,10H2,1-3H3,(H,20,24)(H,21,22). The number of carbonyl (C=O) groups excluding carboxylic acids is 3. The van der Waals surface area contributed by atoms with Gasteiger partial charge in [0.15, 0.2) is 6.61 Å². The van der Waals surface area contributed by atoms with Gasteiger partial charge in [0.1, 0.15) is 17.2 Å². The van der Waals surface area contributed by atoms with E-state index in [4.69, 9.17) is 9.47 Å². The lowest BCUT2D eigenvalue weighted by Gasteiger charge is -2.19. The summed E-state index contributed by atoms with van der Waals surface area (Å²) in [7, 11) is 0. The Morgan fingerprint density at radius 1 is 1.15 bits per heavy atom. The van der Waals surface area contributed by atoms with E-state index in [2.05, 4.69) is 10.6 Å². The Bertz CT molecular complexity index is 659. The van der Waals surface area contributed by atoms with Crippen molar-refractivity contribution in [3.05, 3.63) is 29.8 Å². The highest BCUT2D eigenvalue weighted by Crippen LogP contribution is 2.15. The summed E-state index contributed by atoms with van der Waals surface area (Å²) in [4.78, 5) is 34.5. The number of alkyl carbamates (subject to hydrolysis) is 1. The normalized spacial score (nSPS) is 10.8. The average Bonchev–Trinajstić information content (AvgIpc) is 2.51. The van der Waals surface area contributed by atoms with Gasteiger partial charge in [0.2, 0.25) is 0 Å². The third-order valence-electron chi connectivity index (χ3n) is 2.79. The lowest BCUT2D eigenvalue weighted by Crippen LogP contribution is -2.33. The van der Waals surface area contributed by atoms with Crippen LogP contribution in [0.1, 0.15) is 33.6 Å². The number of nitrogens with one attached hydrogen (secondary N) is 2. The van der Waals surface area contributed by atoms with Crippen molar-refractivity contribution in [2.24, 2.45) is 0 Å². The summed E-state index contributed by atoms with van der Waals surface area (Å²) in [6.45, 7) is 4.75. The molecule has 1 rings (SSSR count). The fourth-order valence-electron chi connectivity index (χ4n) is 1.74. The van der Waals surface area contributed by atoms with Crippen molar-refractivity contribution in [2.45, 2.75) is 39.2 Å². The molecule has 0 aromatic heterocycles. The van der Waals surface area contributed by atoms with Crippen molar-refractivity contribution in [3.63, 3.8) is 0 Å². The summed E-state index contributed by atoms with van der Waals surface area (Å²) in [6.07, 6.45) is -0.335. The first-order valence-electron chi connectivity index (χ1n) is 7.94. The number of ether oxygens (including phenoxy) is 2. The van der Waals surface area contributed by atoms with Crippen molar-refractivity contribution in [2.75, 3.05) is 18.5 Å². The Kier molecular flexibility index (Phi) is 7.95. The predicted molar refractivity (Wildman–Crippen MR) is 89.4 cm³/mol. The molecule has 1 aromatic carbocycles. The summed E-state index contributed by atoms with van der Waals surface area (Å²) >= 11 is 0. The predicted octanol–water partition coefficient (Wildman–Crippen LogP) is 2.75. The fourth-order valence-corrected chi connectivity index (χ4v) is 1.74. The molecular weight excluding hydrogens is 350 g/mol. The van der Waals surface area contributed by atoms with E-state index in [-0.39, 0.29) is 25.1 Å². The van der Waals surface area contributed by atoms with Gasteiger partial charge < -0.3 is 20.1 Å². The Morgan fingerprint density at radius 3 is 2.50 bits per heavy atom. The van der Waals surface area contributed by atoms with E-state index in [1.54, 1.807) is 20.8 Å². The molecule has 0 saturated heterocycles. The Hall–Kier alpha value is -2.71. The van der Waals surface area contributed by atoms with Crippen LogP contribution in [0.3, 0.4) is 0 Å². The molecule has 2 N–H and O–H groups in total. The number of hydrogen-bond donors (Lipinski definition) is 2. The summed E-state index contributed by atoms with van der Waals surface area (Å²) < 4.78 is 36.1. The van der Waals surface area contributed by atoms with Crippen molar-refractivity contribution in [1.29, 1.82) is 0 Å². The topological polar surface area (TPSA) is 93.7 Å². The van der Waals surface area contributed by atoms with Gasteiger partial charge in [-0.05, 0) is 39.3 Å². The number of carbonyl (C=O) groups is 3. The van der Waals surface area contributed by atoms with Gasteiger partial charge in [-0.15, -0.1) is 0 Å². The first kappa shape index (κ1) is 21.3. The molecule has 9 heteroatoms. The Labute approximate surface area is 150 Å². The number of esters is 1. The summed E-state index contributed by atoms with van der Waals surface area (Å²) in [6, 6.07) is 2.60. The third kappa shape index (κ3) is 8.95. The smallest absolute Gasteiger partial charge is 0.407 e. The summed E-state index contributed by atoms with van der Waals surface area (Å²) in [5.74, 6) is -2.98. The van der Waals surface area contributed by atoms with E-state index in [9.17, 15) is 23.2 Å². The number of rotatable bonds is 7. The van der Waals surface area contributed by atoms with Gasteiger partial charge in [-0.3, -0.25) is 9.59 Å². The van der Waals surface area contributed by atoms with Crippen LogP contribution in [0.15, 0.2) is 18.2 Å². The molecule has 0 atom stereocenters. The van der Waals surface area contributed by atoms with Crippen LogP contribution in [0, 0.1) is 11.6 Å². The van der Waals surface area contributed by atoms with Crippen LogP contribution >= 0.6 is 0 Å². The second kappa shape index (κ2) is 9.69. The second-order valence-corrected chi connectivity index (χ2v) is 6.37. The van der Waals surface area contributed by atoms with Gasteiger partial charge >= 0.3 is 12.1 Å². The molecule has 0 unspecified atom stereocenters. The number of amides is 2. The number of hydrogen-bond acceptors (Lipinski definition) is 5. The molecule has 0 aliphatic heterocycles. The molecule has 0 saturated carbocycles. The van der Waals surface area contributed by atoms with Crippen molar-refractivity contribution in [1.82, 2.24) is 5.32 Å². The summed E-state index contributed by atoms with van der Waals surface area (Å²) in [5, 5.41) is 4.58. The van der Waals surface area contributed by atoms with Crippen LogP contribution in [0.2, 0.25) is 0 Å². The van der Waals surface area contributed by atoms with Crippen LogP contribution < -0.4 is 10.6 Å². The number of anilines is 1. The van der Waals surface area contributed by atoms with Crippen LogP contribution in [0.5, 0.6) is 0 Å². The molecule has 1 aromatic rings. The van der Waals surface area contributed by atoms with Crippen molar-refractivity contribution < 1.29 is 32.6 Å². The molecule has 0 aliphatic rings. The highest BCUT2D eigenvalue weighted by atomic mass is 19.1. The SMILES string of the molecule is CC(C)(C)OC(=O)NCCCC(=O)OCC(=O)Nc1cc(F)ccc1F. The van der Waals surface area contributed by atoms with Gasteiger partial charge in [0, 0.05) is 19.0 Å². The zero-order chi connectivity index (χ0) is 19.7. The maximum Gasteiger partial charge on any atom is 0.407 e. The van der Waals surface area contributed by atoms with Gasteiger partial charge in [-0.25, -0.2) is 13.6 Å². The van der Waals surface area contributed by atoms with Gasteiger partial charge in [0.05, 0.1) is 5.69 Å². The largest absolute Gasteiger partial charge is 0.456 e. The molecule has 0 aliphatic carbocycles. The maximum absolute atomic E-state index is 13.4. The molecule has 7 nitrogen and oxygen atoms in total. The van der Waals surface area contributed by atoms with Gasteiger partial charge in [0.25, 0.3) is 5.91 Å². The molecule has 2 amide bonds. The minimum atomic E-state index is -0.806. The third-order valence-corrected chi connectivity index (χ3v) is 2.79. The number of benzene rings is 1. The zero-order valence-electron chi connectivity index (χ0n) is 14.9. The summed E-state index contributed by atoms with van der Waals surface area (Å²) in [5.41, 5.74) is -0.954. The van der Waals surface area contributed by atoms with Crippen molar-refractivity contribution in [3.8, 4) is 0 Å². The van der Waals surface area contributed by atoms with E-state index < -0.39 is 41.8 Å². The van der Waals surface area contributed by atoms with E-state index in [1.165, 1.54) is 0 Å². The molecule has 26 heavy (non-hydrogen) atoms. The molecule has 0 spiro atoms.